The number of rotatable bonds is 3. The average Bonchev–Trinajstić information content (AvgIpc) is 3.20. The number of aryl methyl sites for hydroxylation is 1. The maximum atomic E-state index is 12.6. The highest BCUT2D eigenvalue weighted by atomic mass is 16.2. The van der Waals surface area contributed by atoms with Crippen molar-refractivity contribution < 1.29 is 9.59 Å². The molecule has 2 aromatic carbocycles. The van der Waals surface area contributed by atoms with E-state index in [-0.39, 0.29) is 18.2 Å². The first-order valence-corrected chi connectivity index (χ1v) is 8.65. The zero-order chi connectivity index (χ0) is 18.3. The molecule has 3 aromatic rings. The topological polar surface area (TPSA) is 78.1 Å². The Balaban J connectivity index is 1.51. The van der Waals surface area contributed by atoms with Crippen LogP contribution in [-0.4, -0.2) is 28.3 Å². The Hall–Kier alpha value is -3.15. The first kappa shape index (κ1) is 16.3. The van der Waals surface area contributed by atoms with Crippen LogP contribution in [0.15, 0.2) is 42.5 Å². The second-order valence-electron chi connectivity index (χ2n) is 6.72. The summed E-state index contributed by atoms with van der Waals surface area (Å²) in [4.78, 5) is 34.2. The van der Waals surface area contributed by atoms with Crippen molar-refractivity contribution in [2.75, 3.05) is 16.8 Å². The number of hydrogen-bond donors (Lipinski definition) is 2. The van der Waals surface area contributed by atoms with E-state index < -0.39 is 5.92 Å². The SMILES string of the molecule is Cc1cccc(N2C[C@@H](C(=O)Nc3nc4ccccc4[nH]3)CC2=O)c1C. The number of benzene rings is 2. The molecule has 0 unspecified atom stereocenters. The number of hydrogen-bond acceptors (Lipinski definition) is 3. The standard InChI is InChI=1S/C20H20N4O2/c1-12-6-5-9-17(13(12)2)24-11-14(10-18(24)25)19(26)23-20-21-15-7-3-4-8-16(15)22-20/h3-9,14H,10-11H2,1-2H3,(H2,21,22,23,26)/t14-/m0/s1. The quantitative estimate of drug-likeness (QED) is 0.763. The van der Waals surface area contributed by atoms with E-state index in [0.29, 0.717) is 12.5 Å². The van der Waals surface area contributed by atoms with Crippen LogP contribution in [-0.2, 0) is 9.59 Å². The lowest BCUT2D eigenvalue weighted by Crippen LogP contribution is -2.28. The Bertz CT molecular complexity index is 975. The summed E-state index contributed by atoms with van der Waals surface area (Å²) >= 11 is 0. The molecule has 1 aliphatic rings. The highest BCUT2D eigenvalue weighted by molar-refractivity contribution is 6.03. The highest BCUT2D eigenvalue weighted by Crippen LogP contribution is 2.30. The summed E-state index contributed by atoms with van der Waals surface area (Å²) in [5, 5.41) is 2.81. The molecule has 0 aliphatic carbocycles. The van der Waals surface area contributed by atoms with Gasteiger partial charge in [-0.15, -0.1) is 0 Å². The van der Waals surface area contributed by atoms with E-state index >= 15 is 0 Å². The summed E-state index contributed by atoms with van der Waals surface area (Å²) in [5.41, 5.74) is 4.74. The molecule has 1 saturated heterocycles. The Morgan fingerprint density at radius 1 is 1.19 bits per heavy atom. The van der Waals surface area contributed by atoms with Crippen molar-refractivity contribution in [2.24, 2.45) is 5.92 Å². The van der Waals surface area contributed by atoms with Crippen LogP contribution in [0.2, 0.25) is 0 Å². The summed E-state index contributed by atoms with van der Waals surface area (Å²) in [5.74, 6) is -0.196. The van der Waals surface area contributed by atoms with Crippen molar-refractivity contribution in [3.63, 3.8) is 0 Å². The molecule has 6 nitrogen and oxygen atoms in total. The van der Waals surface area contributed by atoms with Crippen LogP contribution in [0.1, 0.15) is 17.5 Å². The van der Waals surface area contributed by atoms with Crippen LogP contribution >= 0.6 is 0 Å². The summed E-state index contributed by atoms with van der Waals surface area (Å²) in [6.45, 7) is 4.40. The molecule has 2 heterocycles. The number of imidazole rings is 1. The maximum Gasteiger partial charge on any atom is 0.232 e. The predicted molar refractivity (Wildman–Crippen MR) is 101 cm³/mol. The first-order chi connectivity index (χ1) is 12.5. The van der Waals surface area contributed by atoms with Gasteiger partial charge in [0, 0.05) is 18.7 Å². The normalized spacial score (nSPS) is 17.1. The van der Waals surface area contributed by atoms with Crippen molar-refractivity contribution in [3.8, 4) is 0 Å². The van der Waals surface area contributed by atoms with Gasteiger partial charge in [0.05, 0.1) is 17.0 Å². The van der Waals surface area contributed by atoms with Gasteiger partial charge in [0.25, 0.3) is 0 Å². The molecule has 4 rings (SSSR count). The Morgan fingerprint density at radius 2 is 2.00 bits per heavy atom. The molecule has 0 saturated carbocycles. The van der Waals surface area contributed by atoms with Gasteiger partial charge in [0.15, 0.2) is 0 Å². The number of fused-ring (bicyclic) bond motifs is 1. The average molecular weight is 348 g/mol. The molecule has 0 spiro atoms. The van der Waals surface area contributed by atoms with Crippen molar-refractivity contribution in [1.29, 1.82) is 0 Å². The third-order valence-corrected chi connectivity index (χ3v) is 4.99. The molecular weight excluding hydrogens is 328 g/mol. The minimum absolute atomic E-state index is 0.0246. The molecule has 1 fully saturated rings. The number of amides is 2. The number of carbonyl (C=O) groups is 2. The third kappa shape index (κ3) is 2.83. The molecule has 1 aliphatic heterocycles. The maximum absolute atomic E-state index is 12.6. The van der Waals surface area contributed by atoms with E-state index in [1.807, 2.05) is 56.3 Å². The molecule has 132 valence electrons. The van der Waals surface area contributed by atoms with E-state index in [0.717, 1.165) is 27.8 Å². The number of anilines is 2. The smallest absolute Gasteiger partial charge is 0.232 e. The van der Waals surface area contributed by atoms with Gasteiger partial charge in [-0.25, -0.2) is 4.98 Å². The summed E-state index contributed by atoms with van der Waals surface area (Å²) in [6.07, 6.45) is 0.208. The lowest BCUT2D eigenvalue weighted by molar-refractivity contribution is -0.122. The molecule has 1 atom stereocenters. The fourth-order valence-electron chi connectivity index (χ4n) is 3.37. The van der Waals surface area contributed by atoms with Gasteiger partial charge in [-0.3, -0.25) is 14.9 Å². The van der Waals surface area contributed by atoms with Crippen molar-refractivity contribution in [3.05, 3.63) is 53.6 Å². The van der Waals surface area contributed by atoms with Gasteiger partial charge < -0.3 is 9.88 Å². The zero-order valence-electron chi connectivity index (χ0n) is 14.7. The van der Waals surface area contributed by atoms with Gasteiger partial charge in [-0.2, -0.15) is 0 Å². The molecule has 1 aromatic heterocycles. The van der Waals surface area contributed by atoms with Crippen LogP contribution in [0, 0.1) is 19.8 Å². The van der Waals surface area contributed by atoms with E-state index in [4.69, 9.17) is 0 Å². The number of para-hydroxylation sites is 2. The monoisotopic (exact) mass is 348 g/mol. The Labute approximate surface area is 151 Å². The lowest BCUT2D eigenvalue weighted by Gasteiger charge is -2.20. The summed E-state index contributed by atoms with van der Waals surface area (Å²) < 4.78 is 0. The van der Waals surface area contributed by atoms with Crippen molar-refractivity contribution in [1.82, 2.24) is 9.97 Å². The second-order valence-corrected chi connectivity index (χ2v) is 6.72. The van der Waals surface area contributed by atoms with Crippen molar-refractivity contribution in [2.45, 2.75) is 20.3 Å². The highest BCUT2D eigenvalue weighted by Gasteiger charge is 2.36. The van der Waals surface area contributed by atoms with Crippen molar-refractivity contribution >= 4 is 34.5 Å². The Kier molecular flexibility index (Phi) is 3.95. The largest absolute Gasteiger partial charge is 0.324 e. The van der Waals surface area contributed by atoms with Gasteiger partial charge in [0.1, 0.15) is 0 Å². The number of carbonyl (C=O) groups excluding carboxylic acids is 2. The summed E-state index contributed by atoms with van der Waals surface area (Å²) in [6, 6.07) is 13.5. The number of H-pyrrole nitrogens is 1. The number of nitrogens with zero attached hydrogens (tertiary/aromatic N) is 2. The first-order valence-electron chi connectivity index (χ1n) is 8.65. The molecule has 2 amide bonds. The van der Waals surface area contributed by atoms with Crippen LogP contribution in [0.4, 0.5) is 11.6 Å². The lowest BCUT2D eigenvalue weighted by atomic mass is 10.1. The van der Waals surface area contributed by atoms with E-state index in [2.05, 4.69) is 15.3 Å². The number of aromatic amines is 1. The fourth-order valence-corrected chi connectivity index (χ4v) is 3.37. The molecule has 6 heteroatoms. The zero-order valence-corrected chi connectivity index (χ0v) is 14.7. The van der Waals surface area contributed by atoms with Gasteiger partial charge in [-0.1, -0.05) is 24.3 Å². The van der Waals surface area contributed by atoms with Crippen LogP contribution in [0.25, 0.3) is 11.0 Å². The molecular formula is C20H20N4O2. The van der Waals surface area contributed by atoms with Crippen LogP contribution in [0.5, 0.6) is 0 Å². The third-order valence-electron chi connectivity index (χ3n) is 4.99. The summed E-state index contributed by atoms with van der Waals surface area (Å²) in [7, 11) is 0. The molecule has 26 heavy (non-hydrogen) atoms. The van der Waals surface area contributed by atoms with Crippen LogP contribution in [0.3, 0.4) is 0 Å². The van der Waals surface area contributed by atoms with Gasteiger partial charge in [-0.05, 0) is 43.2 Å². The molecule has 0 bridgehead atoms. The second kappa shape index (κ2) is 6.29. The number of aromatic nitrogens is 2. The van der Waals surface area contributed by atoms with E-state index in [1.54, 1.807) is 4.90 Å². The molecule has 0 radical (unpaired) electrons. The minimum Gasteiger partial charge on any atom is -0.324 e. The molecule has 2 N–H and O–H groups in total. The van der Waals surface area contributed by atoms with Gasteiger partial charge >= 0.3 is 0 Å². The fraction of sp³-hybridized carbons (Fsp3) is 0.250. The predicted octanol–water partition coefficient (Wildman–Crippen LogP) is 3.17. The Morgan fingerprint density at radius 3 is 2.81 bits per heavy atom. The van der Waals surface area contributed by atoms with E-state index in [9.17, 15) is 9.59 Å². The minimum atomic E-state index is -0.393. The van der Waals surface area contributed by atoms with E-state index in [1.165, 1.54) is 0 Å². The van der Waals surface area contributed by atoms with Crippen LogP contribution < -0.4 is 10.2 Å². The van der Waals surface area contributed by atoms with Gasteiger partial charge in [0.2, 0.25) is 17.8 Å². The number of nitrogens with one attached hydrogen (secondary N) is 2.